The molecule has 0 spiro atoms. The zero-order chi connectivity index (χ0) is 12.1. The topological polar surface area (TPSA) is 61.4 Å². The molecule has 0 aromatic rings. The van der Waals surface area contributed by atoms with E-state index >= 15 is 0 Å². The Bertz CT molecular complexity index is 288. The molecule has 1 amide bonds. The summed E-state index contributed by atoms with van der Waals surface area (Å²) < 4.78 is 11.7. The highest BCUT2D eigenvalue weighted by atomic mass is 32.2. The summed E-state index contributed by atoms with van der Waals surface area (Å²) in [7, 11) is -1.01. The van der Waals surface area contributed by atoms with Gasteiger partial charge in [-0.25, -0.2) is 0 Å². The van der Waals surface area contributed by atoms with Crippen LogP contribution >= 0.6 is 0 Å². The smallest absolute Gasteiger partial charge is 0.232 e. The minimum absolute atomic E-state index is 0.0499. The molecule has 17 heavy (non-hydrogen) atoms. The maximum absolute atomic E-state index is 11.7. The monoisotopic (exact) mass is 259 g/mol. The van der Waals surface area contributed by atoms with Crippen molar-refractivity contribution in [2.24, 2.45) is 0 Å². The summed E-state index contributed by atoms with van der Waals surface area (Å²) in [6, 6.07) is 0.368. The van der Waals surface area contributed by atoms with Crippen molar-refractivity contribution in [2.45, 2.75) is 18.9 Å². The highest BCUT2D eigenvalue weighted by molar-refractivity contribution is 7.85. The Morgan fingerprint density at radius 2 is 2.06 bits per heavy atom. The van der Waals surface area contributed by atoms with Gasteiger partial charge in [-0.2, -0.15) is 0 Å². The lowest BCUT2D eigenvalue weighted by molar-refractivity contribution is -0.118. The van der Waals surface area contributed by atoms with E-state index in [0.29, 0.717) is 11.8 Å². The number of amides is 1. The molecular formula is C11H21N3O2S. The maximum Gasteiger partial charge on any atom is 0.232 e. The summed E-state index contributed by atoms with van der Waals surface area (Å²) in [5.74, 6) is 0.729. The molecular weight excluding hydrogens is 238 g/mol. The summed E-state index contributed by atoms with van der Waals surface area (Å²) >= 11 is 0. The van der Waals surface area contributed by atoms with Gasteiger partial charge in [-0.3, -0.25) is 13.9 Å². The number of carbonyl (C=O) groups is 1. The van der Waals surface area contributed by atoms with Crippen LogP contribution in [-0.2, 0) is 15.6 Å². The lowest BCUT2D eigenvalue weighted by Gasteiger charge is -2.26. The van der Waals surface area contributed by atoms with E-state index in [1.54, 1.807) is 0 Å². The molecule has 1 unspecified atom stereocenters. The zero-order valence-electron chi connectivity index (χ0n) is 10.1. The van der Waals surface area contributed by atoms with Gasteiger partial charge in [-0.05, 0) is 12.8 Å². The van der Waals surface area contributed by atoms with Crippen molar-refractivity contribution in [2.75, 3.05) is 44.2 Å². The van der Waals surface area contributed by atoms with E-state index < -0.39 is 10.8 Å². The SMILES string of the molecule is O=C(CS(=O)CCN1CCNCC1)NC1CC1. The summed E-state index contributed by atoms with van der Waals surface area (Å²) in [6.45, 7) is 4.89. The molecule has 98 valence electrons. The van der Waals surface area contributed by atoms with E-state index in [0.717, 1.165) is 45.6 Å². The predicted octanol–water partition coefficient (Wildman–Crippen LogP) is -1.08. The second-order valence-corrected chi connectivity index (χ2v) is 6.30. The van der Waals surface area contributed by atoms with Crippen LogP contribution in [0.15, 0.2) is 0 Å². The Labute approximate surface area is 105 Å². The molecule has 0 aromatic heterocycles. The molecule has 0 radical (unpaired) electrons. The van der Waals surface area contributed by atoms with Crippen LogP contribution in [0, 0.1) is 0 Å². The van der Waals surface area contributed by atoms with Crippen molar-refractivity contribution in [3.63, 3.8) is 0 Å². The van der Waals surface area contributed by atoms with Gasteiger partial charge in [-0.1, -0.05) is 0 Å². The van der Waals surface area contributed by atoms with E-state index in [1.165, 1.54) is 0 Å². The van der Waals surface area contributed by atoms with E-state index in [2.05, 4.69) is 15.5 Å². The molecule has 2 fully saturated rings. The maximum atomic E-state index is 11.7. The minimum Gasteiger partial charge on any atom is -0.353 e. The fourth-order valence-corrected chi connectivity index (χ4v) is 2.86. The molecule has 6 heteroatoms. The molecule has 1 aliphatic heterocycles. The van der Waals surface area contributed by atoms with E-state index in [1.807, 2.05) is 0 Å². The van der Waals surface area contributed by atoms with Crippen LogP contribution in [0.25, 0.3) is 0 Å². The van der Waals surface area contributed by atoms with Crippen LogP contribution in [0.5, 0.6) is 0 Å². The average Bonchev–Trinajstić information content (AvgIpc) is 3.11. The number of carbonyl (C=O) groups excluding carboxylic acids is 1. The van der Waals surface area contributed by atoms with Gasteiger partial charge in [0.25, 0.3) is 0 Å². The number of nitrogens with one attached hydrogen (secondary N) is 2. The molecule has 1 saturated carbocycles. The van der Waals surface area contributed by atoms with Crippen molar-refractivity contribution < 1.29 is 9.00 Å². The number of nitrogens with zero attached hydrogens (tertiary/aromatic N) is 1. The quantitative estimate of drug-likeness (QED) is 0.637. The normalized spacial score (nSPS) is 23.3. The van der Waals surface area contributed by atoms with Crippen LogP contribution in [0.1, 0.15) is 12.8 Å². The van der Waals surface area contributed by atoms with Crippen LogP contribution in [0.2, 0.25) is 0 Å². The Morgan fingerprint density at radius 1 is 1.35 bits per heavy atom. The molecule has 0 bridgehead atoms. The molecule has 1 heterocycles. The first kappa shape index (κ1) is 13.0. The Kier molecular flexibility index (Phi) is 4.94. The highest BCUT2D eigenvalue weighted by Gasteiger charge is 2.23. The average molecular weight is 259 g/mol. The molecule has 0 aromatic carbocycles. The number of rotatable bonds is 6. The minimum atomic E-state index is -1.01. The van der Waals surface area contributed by atoms with Crippen molar-refractivity contribution in [3.05, 3.63) is 0 Å². The molecule has 1 atom stereocenters. The molecule has 2 aliphatic rings. The third kappa shape index (κ3) is 5.14. The first-order valence-electron chi connectivity index (χ1n) is 6.31. The van der Waals surface area contributed by atoms with Gasteiger partial charge < -0.3 is 10.6 Å². The Balaban J connectivity index is 1.57. The number of piperazine rings is 1. The van der Waals surface area contributed by atoms with Gasteiger partial charge in [-0.15, -0.1) is 0 Å². The van der Waals surface area contributed by atoms with Gasteiger partial charge >= 0.3 is 0 Å². The molecule has 2 rings (SSSR count). The standard InChI is InChI=1S/C11H21N3O2S/c15-11(13-10-1-2-10)9-17(16)8-7-14-5-3-12-4-6-14/h10,12H,1-9H2,(H,13,15). The molecule has 1 aliphatic carbocycles. The third-order valence-corrected chi connectivity index (χ3v) is 4.30. The Hall–Kier alpha value is -0.460. The number of hydrogen-bond donors (Lipinski definition) is 2. The van der Waals surface area contributed by atoms with Crippen molar-refractivity contribution in [1.29, 1.82) is 0 Å². The van der Waals surface area contributed by atoms with Gasteiger partial charge in [0.1, 0.15) is 5.75 Å². The summed E-state index contributed by atoms with van der Waals surface area (Å²) in [5.41, 5.74) is 0. The molecule has 2 N–H and O–H groups in total. The number of hydrogen-bond acceptors (Lipinski definition) is 4. The van der Waals surface area contributed by atoms with Crippen molar-refractivity contribution in [1.82, 2.24) is 15.5 Å². The predicted molar refractivity (Wildman–Crippen MR) is 68.4 cm³/mol. The van der Waals surface area contributed by atoms with Crippen LogP contribution in [0.4, 0.5) is 0 Å². The molecule has 1 saturated heterocycles. The highest BCUT2D eigenvalue weighted by Crippen LogP contribution is 2.18. The van der Waals surface area contributed by atoms with Crippen LogP contribution in [0.3, 0.4) is 0 Å². The van der Waals surface area contributed by atoms with Crippen molar-refractivity contribution >= 4 is 16.7 Å². The summed E-state index contributed by atoms with van der Waals surface area (Å²) in [5, 5.41) is 6.15. The second-order valence-electron chi connectivity index (χ2n) is 4.72. The lowest BCUT2D eigenvalue weighted by Crippen LogP contribution is -2.45. The zero-order valence-corrected chi connectivity index (χ0v) is 10.9. The fourth-order valence-electron chi connectivity index (χ4n) is 1.88. The molecule has 5 nitrogen and oxygen atoms in total. The second kappa shape index (κ2) is 6.47. The van der Waals surface area contributed by atoms with Gasteiger partial charge in [0.05, 0.1) is 0 Å². The fraction of sp³-hybridized carbons (Fsp3) is 0.909. The van der Waals surface area contributed by atoms with Gasteiger partial charge in [0.15, 0.2) is 0 Å². The first-order chi connectivity index (χ1) is 8.24. The van der Waals surface area contributed by atoms with Gasteiger partial charge in [0, 0.05) is 55.3 Å². The van der Waals surface area contributed by atoms with Gasteiger partial charge in [0.2, 0.25) is 5.91 Å². The van der Waals surface area contributed by atoms with Crippen LogP contribution in [-0.4, -0.2) is 65.3 Å². The lowest BCUT2D eigenvalue weighted by atomic mass is 10.4. The largest absolute Gasteiger partial charge is 0.353 e. The van der Waals surface area contributed by atoms with E-state index in [9.17, 15) is 9.00 Å². The third-order valence-electron chi connectivity index (χ3n) is 3.08. The van der Waals surface area contributed by atoms with E-state index in [4.69, 9.17) is 0 Å². The summed E-state index contributed by atoms with van der Waals surface area (Å²) in [4.78, 5) is 13.7. The Morgan fingerprint density at radius 3 is 2.71 bits per heavy atom. The summed E-state index contributed by atoms with van der Waals surface area (Å²) in [6.07, 6.45) is 2.16. The first-order valence-corrected chi connectivity index (χ1v) is 7.80. The van der Waals surface area contributed by atoms with Crippen molar-refractivity contribution in [3.8, 4) is 0 Å². The van der Waals surface area contributed by atoms with E-state index in [-0.39, 0.29) is 11.7 Å². The van der Waals surface area contributed by atoms with Crippen LogP contribution < -0.4 is 10.6 Å².